The summed E-state index contributed by atoms with van der Waals surface area (Å²) in [6.45, 7) is 8.63. The van der Waals surface area contributed by atoms with Crippen LogP contribution in [0.1, 0.15) is 39.1 Å². The summed E-state index contributed by atoms with van der Waals surface area (Å²) in [6.07, 6.45) is 1.68. The van der Waals surface area contributed by atoms with E-state index in [1.807, 2.05) is 58.0 Å². The van der Waals surface area contributed by atoms with Crippen molar-refractivity contribution in [3.8, 4) is 5.75 Å². The Bertz CT molecular complexity index is 1120. The Balaban J connectivity index is 2.13. The van der Waals surface area contributed by atoms with E-state index in [1.165, 1.54) is 4.68 Å². The predicted molar refractivity (Wildman–Crippen MR) is 126 cm³/mol. The summed E-state index contributed by atoms with van der Waals surface area (Å²) in [4.78, 5) is 17.9. The summed E-state index contributed by atoms with van der Waals surface area (Å²) >= 11 is 5.66. The fraction of sp³-hybridized carbons (Fsp3) is 0.286. The molecule has 3 rings (SSSR count). The van der Waals surface area contributed by atoms with Crippen molar-refractivity contribution in [3.63, 3.8) is 0 Å². The van der Waals surface area contributed by atoms with Crippen molar-refractivity contribution in [1.29, 1.82) is 0 Å². The van der Waals surface area contributed by atoms with Crippen LogP contribution in [0.3, 0.4) is 0 Å². The summed E-state index contributed by atoms with van der Waals surface area (Å²) in [6, 6.07) is 11.3. The molecule has 7 heteroatoms. The zero-order valence-corrected chi connectivity index (χ0v) is 19.9. The van der Waals surface area contributed by atoms with Crippen molar-refractivity contribution in [1.82, 2.24) is 9.66 Å². The van der Waals surface area contributed by atoms with Crippen LogP contribution in [0.2, 0.25) is 0 Å². The smallest absolute Gasteiger partial charge is 0.282 e. The van der Waals surface area contributed by atoms with E-state index in [2.05, 4.69) is 43.6 Å². The molecule has 0 saturated heterocycles. The van der Waals surface area contributed by atoms with E-state index in [9.17, 15) is 4.79 Å². The van der Waals surface area contributed by atoms with Crippen LogP contribution in [-0.2, 0) is 5.41 Å². The summed E-state index contributed by atoms with van der Waals surface area (Å²) in [5.74, 6) is 1.45. The van der Waals surface area contributed by atoms with E-state index < -0.39 is 0 Å². The van der Waals surface area contributed by atoms with Crippen molar-refractivity contribution >= 4 is 55.6 Å². The lowest BCUT2D eigenvalue weighted by atomic mass is 9.95. The average Bonchev–Trinajstić information content (AvgIpc) is 2.62. The molecule has 0 fully saturated rings. The zero-order chi connectivity index (χ0) is 20.5. The van der Waals surface area contributed by atoms with Gasteiger partial charge >= 0.3 is 0 Å². The minimum absolute atomic E-state index is 0.187. The molecule has 3 aromatic rings. The maximum Gasteiger partial charge on any atom is 0.282 e. The molecular formula is C21H21BrIN3O2. The van der Waals surface area contributed by atoms with Crippen LogP contribution in [-0.4, -0.2) is 22.5 Å². The molecule has 0 aliphatic carbocycles. The van der Waals surface area contributed by atoms with Gasteiger partial charge in [0.05, 0.1) is 27.3 Å². The lowest BCUT2D eigenvalue weighted by Gasteiger charge is -2.20. The summed E-state index contributed by atoms with van der Waals surface area (Å²) in [5, 5.41) is 5.02. The number of halogens is 2. The molecule has 1 heterocycles. The monoisotopic (exact) mass is 553 g/mol. The van der Waals surface area contributed by atoms with Crippen LogP contribution < -0.4 is 10.3 Å². The topological polar surface area (TPSA) is 56.5 Å². The molecule has 0 atom stereocenters. The lowest BCUT2D eigenvalue weighted by molar-refractivity contribution is 0.338. The quantitative estimate of drug-likeness (QED) is 0.323. The van der Waals surface area contributed by atoms with Gasteiger partial charge in [0.25, 0.3) is 5.56 Å². The van der Waals surface area contributed by atoms with Gasteiger partial charge in [-0.05, 0) is 71.5 Å². The number of nitrogens with zero attached hydrogens (tertiary/aromatic N) is 3. The molecule has 0 saturated carbocycles. The maximum absolute atomic E-state index is 13.1. The molecule has 0 spiro atoms. The van der Waals surface area contributed by atoms with Crippen molar-refractivity contribution in [2.75, 3.05) is 6.61 Å². The second kappa shape index (κ2) is 8.32. The van der Waals surface area contributed by atoms with Crippen LogP contribution in [0.4, 0.5) is 0 Å². The first-order valence-electron chi connectivity index (χ1n) is 8.90. The first kappa shape index (κ1) is 21.0. The summed E-state index contributed by atoms with van der Waals surface area (Å²) in [5.41, 5.74) is 1.02. The van der Waals surface area contributed by atoms with Crippen LogP contribution in [0.25, 0.3) is 10.9 Å². The molecule has 0 aliphatic heterocycles. The summed E-state index contributed by atoms with van der Waals surface area (Å²) in [7, 11) is 0. The Morgan fingerprint density at radius 1 is 1.25 bits per heavy atom. The van der Waals surface area contributed by atoms with Gasteiger partial charge in [0.15, 0.2) is 0 Å². The van der Waals surface area contributed by atoms with E-state index in [-0.39, 0.29) is 11.0 Å². The second-order valence-corrected chi connectivity index (χ2v) is 9.41. The van der Waals surface area contributed by atoms with E-state index in [1.54, 1.807) is 12.3 Å². The van der Waals surface area contributed by atoms with E-state index in [4.69, 9.17) is 9.72 Å². The van der Waals surface area contributed by atoms with Gasteiger partial charge in [-0.15, -0.1) is 0 Å². The van der Waals surface area contributed by atoms with Gasteiger partial charge in [-0.3, -0.25) is 4.79 Å². The molecule has 0 aliphatic rings. The van der Waals surface area contributed by atoms with Gasteiger partial charge < -0.3 is 4.74 Å². The van der Waals surface area contributed by atoms with Gasteiger partial charge in [-0.1, -0.05) is 36.7 Å². The SMILES string of the molecule is CCOc1ccc(C=Nn2c(C(C)(C)C)nc3ccc(Br)cc3c2=O)cc1I. The molecular weight excluding hydrogens is 533 g/mol. The second-order valence-electron chi connectivity index (χ2n) is 7.33. The number of rotatable bonds is 4. The standard InChI is InChI=1S/C21H21BrIN3O2/c1-5-28-18-9-6-13(10-16(18)23)12-24-26-19(27)15-11-14(22)7-8-17(15)25-20(26)21(2,3)4/h6-12H,5H2,1-4H3. The number of hydrogen-bond donors (Lipinski definition) is 0. The molecule has 0 amide bonds. The normalized spacial score (nSPS) is 12.1. The summed E-state index contributed by atoms with van der Waals surface area (Å²) < 4.78 is 8.80. The van der Waals surface area contributed by atoms with Crippen molar-refractivity contribution in [3.05, 3.63) is 66.2 Å². The van der Waals surface area contributed by atoms with E-state index in [0.717, 1.165) is 19.4 Å². The highest BCUT2D eigenvalue weighted by molar-refractivity contribution is 14.1. The van der Waals surface area contributed by atoms with Crippen molar-refractivity contribution in [2.45, 2.75) is 33.1 Å². The fourth-order valence-electron chi connectivity index (χ4n) is 2.74. The molecule has 0 radical (unpaired) electrons. The average molecular weight is 554 g/mol. The Hall–Kier alpha value is -1.74. The highest BCUT2D eigenvalue weighted by atomic mass is 127. The van der Waals surface area contributed by atoms with Crippen LogP contribution in [0.15, 0.2) is 50.8 Å². The van der Waals surface area contributed by atoms with Gasteiger partial charge in [-0.25, -0.2) is 4.98 Å². The number of aromatic nitrogens is 2. The van der Waals surface area contributed by atoms with Gasteiger partial charge in [0.1, 0.15) is 11.6 Å². The van der Waals surface area contributed by atoms with Gasteiger partial charge in [-0.2, -0.15) is 9.78 Å². The van der Waals surface area contributed by atoms with E-state index in [0.29, 0.717) is 23.3 Å². The maximum atomic E-state index is 13.1. The third kappa shape index (κ3) is 4.46. The lowest BCUT2D eigenvalue weighted by Crippen LogP contribution is -2.29. The third-order valence-corrected chi connectivity index (χ3v) is 5.39. The molecule has 146 valence electrons. The van der Waals surface area contributed by atoms with Gasteiger partial charge in [0.2, 0.25) is 0 Å². The molecule has 0 bridgehead atoms. The molecule has 0 N–H and O–H groups in total. The van der Waals surface area contributed by atoms with Crippen LogP contribution >= 0.6 is 38.5 Å². The highest BCUT2D eigenvalue weighted by Gasteiger charge is 2.22. The number of ether oxygens (including phenoxy) is 1. The molecule has 5 nitrogen and oxygen atoms in total. The first-order valence-corrected chi connectivity index (χ1v) is 10.8. The van der Waals surface area contributed by atoms with Crippen molar-refractivity contribution in [2.24, 2.45) is 5.10 Å². The molecule has 1 aromatic heterocycles. The van der Waals surface area contributed by atoms with E-state index >= 15 is 0 Å². The third-order valence-electron chi connectivity index (χ3n) is 4.06. The minimum Gasteiger partial charge on any atom is -0.493 e. The fourth-order valence-corrected chi connectivity index (χ4v) is 3.79. The number of fused-ring (bicyclic) bond motifs is 1. The minimum atomic E-state index is -0.342. The Morgan fingerprint density at radius 2 is 2.00 bits per heavy atom. The highest BCUT2D eigenvalue weighted by Crippen LogP contribution is 2.24. The Labute approximate surface area is 186 Å². The first-order chi connectivity index (χ1) is 13.2. The Morgan fingerprint density at radius 3 is 2.64 bits per heavy atom. The molecule has 2 aromatic carbocycles. The Kier molecular flexibility index (Phi) is 6.24. The predicted octanol–water partition coefficient (Wildman–Crippen LogP) is 5.34. The molecule has 0 unspecified atom stereocenters. The number of hydrogen-bond acceptors (Lipinski definition) is 4. The number of benzene rings is 2. The largest absolute Gasteiger partial charge is 0.493 e. The van der Waals surface area contributed by atoms with Crippen molar-refractivity contribution < 1.29 is 4.74 Å². The molecule has 28 heavy (non-hydrogen) atoms. The van der Waals surface area contributed by atoms with Crippen LogP contribution in [0.5, 0.6) is 5.75 Å². The van der Waals surface area contributed by atoms with Gasteiger partial charge in [0, 0.05) is 9.89 Å². The zero-order valence-electron chi connectivity index (χ0n) is 16.2. The van der Waals surface area contributed by atoms with Crippen LogP contribution in [0, 0.1) is 3.57 Å².